The summed E-state index contributed by atoms with van der Waals surface area (Å²) in [7, 11) is 0. The smallest absolute Gasteiger partial charge is 0.100 e. The Labute approximate surface area is 114 Å². The molecule has 0 amide bonds. The second-order valence-electron chi connectivity index (χ2n) is 5.70. The highest BCUT2D eigenvalue weighted by atomic mass is 16.5. The summed E-state index contributed by atoms with van der Waals surface area (Å²) < 4.78 is 5.96. The summed E-state index contributed by atoms with van der Waals surface area (Å²) in [5.74, 6) is 0.813. The van der Waals surface area contributed by atoms with Gasteiger partial charge in [0, 0.05) is 0 Å². The Hall–Kier alpha value is -0.460. The maximum atomic E-state index is 5.96. The van der Waals surface area contributed by atoms with E-state index in [9.17, 15) is 0 Å². The summed E-state index contributed by atoms with van der Waals surface area (Å²) in [6.07, 6.45) is 19.4. The van der Waals surface area contributed by atoms with Crippen molar-refractivity contribution in [2.24, 2.45) is 5.92 Å². The SMILES string of the molecule is CCCCCCC=COC(CC)C1CCCCC1. The predicted octanol–water partition coefficient (Wildman–Crippen LogP) is 5.85. The molecule has 0 N–H and O–H groups in total. The number of rotatable bonds is 9. The molecule has 0 radical (unpaired) electrons. The fraction of sp³-hybridized carbons (Fsp3) is 0.882. The van der Waals surface area contributed by atoms with Crippen LogP contribution in [-0.2, 0) is 4.74 Å². The van der Waals surface area contributed by atoms with Crippen molar-refractivity contribution in [3.05, 3.63) is 12.3 Å². The number of ether oxygens (including phenoxy) is 1. The van der Waals surface area contributed by atoms with Crippen LogP contribution in [0.5, 0.6) is 0 Å². The Bertz CT molecular complexity index is 204. The van der Waals surface area contributed by atoms with E-state index in [2.05, 4.69) is 19.9 Å². The summed E-state index contributed by atoms with van der Waals surface area (Å²) in [5.41, 5.74) is 0. The van der Waals surface area contributed by atoms with Crippen molar-refractivity contribution in [1.29, 1.82) is 0 Å². The lowest BCUT2D eigenvalue weighted by molar-refractivity contribution is 0.0629. The first-order valence-corrected chi connectivity index (χ1v) is 8.19. The summed E-state index contributed by atoms with van der Waals surface area (Å²) in [6.45, 7) is 4.52. The maximum absolute atomic E-state index is 5.96. The van der Waals surface area contributed by atoms with Crippen LogP contribution in [0, 0.1) is 5.92 Å². The zero-order valence-corrected chi connectivity index (χ0v) is 12.5. The number of unbranched alkanes of at least 4 members (excludes halogenated alkanes) is 4. The molecule has 0 aromatic heterocycles. The first kappa shape index (κ1) is 15.6. The Morgan fingerprint density at radius 2 is 1.83 bits per heavy atom. The third kappa shape index (κ3) is 6.47. The summed E-state index contributed by atoms with van der Waals surface area (Å²) in [5, 5.41) is 0. The predicted molar refractivity (Wildman–Crippen MR) is 79.6 cm³/mol. The van der Waals surface area contributed by atoms with Gasteiger partial charge in [-0.2, -0.15) is 0 Å². The molecule has 0 aromatic carbocycles. The maximum Gasteiger partial charge on any atom is 0.100 e. The van der Waals surface area contributed by atoms with Gasteiger partial charge in [0.2, 0.25) is 0 Å². The second-order valence-corrected chi connectivity index (χ2v) is 5.70. The monoisotopic (exact) mass is 252 g/mol. The normalized spacial score (nSPS) is 19.2. The standard InChI is InChI=1S/C17H32O/c1-3-5-6-7-8-12-15-18-17(4-2)16-13-10-9-11-14-16/h12,15-17H,3-11,13-14H2,1-2H3. The van der Waals surface area contributed by atoms with Gasteiger partial charge in [0.05, 0.1) is 6.26 Å². The molecule has 0 aliphatic heterocycles. The molecular weight excluding hydrogens is 220 g/mol. The summed E-state index contributed by atoms with van der Waals surface area (Å²) >= 11 is 0. The first-order chi connectivity index (χ1) is 8.88. The van der Waals surface area contributed by atoms with Gasteiger partial charge in [-0.25, -0.2) is 0 Å². The molecule has 1 aliphatic carbocycles. The van der Waals surface area contributed by atoms with Gasteiger partial charge in [-0.3, -0.25) is 0 Å². The van der Waals surface area contributed by atoms with Crippen LogP contribution in [0.3, 0.4) is 0 Å². The van der Waals surface area contributed by atoms with Gasteiger partial charge in [0.15, 0.2) is 0 Å². The van der Waals surface area contributed by atoms with Crippen molar-refractivity contribution in [2.45, 2.75) is 90.6 Å². The second kappa shape index (κ2) is 10.5. The Morgan fingerprint density at radius 3 is 2.50 bits per heavy atom. The molecule has 1 saturated carbocycles. The average Bonchev–Trinajstić information content (AvgIpc) is 2.43. The van der Waals surface area contributed by atoms with Crippen LogP contribution in [0.4, 0.5) is 0 Å². The van der Waals surface area contributed by atoms with E-state index in [0.717, 1.165) is 12.3 Å². The van der Waals surface area contributed by atoms with Gasteiger partial charge < -0.3 is 4.74 Å². The Kier molecular flexibility index (Phi) is 9.06. The molecule has 1 nitrogen and oxygen atoms in total. The van der Waals surface area contributed by atoms with Gasteiger partial charge in [-0.15, -0.1) is 0 Å². The molecule has 1 heteroatoms. The van der Waals surface area contributed by atoms with Crippen LogP contribution in [0.2, 0.25) is 0 Å². The zero-order chi connectivity index (χ0) is 13.1. The highest BCUT2D eigenvalue weighted by molar-refractivity contribution is 4.79. The minimum atomic E-state index is 0.470. The van der Waals surface area contributed by atoms with Crippen LogP contribution in [0.15, 0.2) is 12.3 Å². The van der Waals surface area contributed by atoms with Crippen LogP contribution in [0.1, 0.15) is 84.5 Å². The third-order valence-corrected chi connectivity index (χ3v) is 4.15. The molecule has 0 spiro atoms. The molecule has 0 saturated heterocycles. The quantitative estimate of drug-likeness (QED) is 0.369. The number of allylic oxidation sites excluding steroid dienone is 1. The van der Waals surface area contributed by atoms with Crippen LogP contribution < -0.4 is 0 Å². The van der Waals surface area contributed by atoms with E-state index >= 15 is 0 Å². The fourth-order valence-corrected chi connectivity index (χ4v) is 2.96. The van der Waals surface area contributed by atoms with Crippen LogP contribution >= 0.6 is 0 Å². The first-order valence-electron chi connectivity index (χ1n) is 8.19. The van der Waals surface area contributed by atoms with E-state index < -0.39 is 0 Å². The van der Waals surface area contributed by atoms with E-state index in [4.69, 9.17) is 4.74 Å². The summed E-state index contributed by atoms with van der Waals surface area (Å²) in [4.78, 5) is 0. The third-order valence-electron chi connectivity index (χ3n) is 4.15. The lowest BCUT2D eigenvalue weighted by Gasteiger charge is -2.28. The van der Waals surface area contributed by atoms with Crippen molar-refractivity contribution in [1.82, 2.24) is 0 Å². The fourth-order valence-electron chi connectivity index (χ4n) is 2.96. The van der Waals surface area contributed by atoms with Crippen LogP contribution in [0.25, 0.3) is 0 Å². The molecule has 18 heavy (non-hydrogen) atoms. The van der Waals surface area contributed by atoms with E-state index in [1.54, 1.807) is 0 Å². The molecule has 106 valence electrons. The highest BCUT2D eigenvalue weighted by Gasteiger charge is 2.22. The van der Waals surface area contributed by atoms with E-state index in [1.807, 2.05) is 6.26 Å². The van der Waals surface area contributed by atoms with Crippen LogP contribution in [-0.4, -0.2) is 6.10 Å². The molecule has 0 bridgehead atoms. The van der Waals surface area contributed by atoms with Gasteiger partial charge in [-0.05, 0) is 44.1 Å². The number of hydrogen-bond acceptors (Lipinski definition) is 1. The molecule has 1 fully saturated rings. The lowest BCUT2D eigenvalue weighted by Crippen LogP contribution is -2.23. The zero-order valence-electron chi connectivity index (χ0n) is 12.5. The summed E-state index contributed by atoms with van der Waals surface area (Å²) in [6, 6.07) is 0. The molecule has 0 heterocycles. The molecule has 1 rings (SSSR count). The van der Waals surface area contributed by atoms with Crippen molar-refractivity contribution >= 4 is 0 Å². The van der Waals surface area contributed by atoms with Crippen molar-refractivity contribution < 1.29 is 4.74 Å². The van der Waals surface area contributed by atoms with Crippen molar-refractivity contribution in [3.63, 3.8) is 0 Å². The lowest BCUT2D eigenvalue weighted by atomic mass is 9.84. The highest BCUT2D eigenvalue weighted by Crippen LogP contribution is 2.29. The van der Waals surface area contributed by atoms with Gasteiger partial charge in [-0.1, -0.05) is 52.4 Å². The average molecular weight is 252 g/mol. The van der Waals surface area contributed by atoms with Crippen molar-refractivity contribution in [3.8, 4) is 0 Å². The largest absolute Gasteiger partial charge is 0.498 e. The molecular formula is C17H32O. The molecule has 0 aromatic rings. The van der Waals surface area contributed by atoms with Gasteiger partial charge in [0.1, 0.15) is 6.10 Å². The Morgan fingerprint density at radius 1 is 1.06 bits per heavy atom. The molecule has 1 unspecified atom stereocenters. The van der Waals surface area contributed by atoms with Gasteiger partial charge in [0.25, 0.3) is 0 Å². The van der Waals surface area contributed by atoms with Crippen molar-refractivity contribution in [2.75, 3.05) is 0 Å². The number of hydrogen-bond donors (Lipinski definition) is 0. The Balaban J connectivity index is 2.12. The molecule has 1 atom stereocenters. The van der Waals surface area contributed by atoms with Gasteiger partial charge >= 0.3 is 0 Å². The van der Waals surface area contributed by atoms with E-state index in [0.29, 0.717) is 6.10 Å². The van der Waals surface area contributed by atoms with E-state index in [-0.39, 0.29) is 0 Å². The minimum absolute atomic E-state index is 0.470. The molecule has 1 aliphatic rings. The van der Waals surface area contributed by atoms with E-state index in [1.165, 1.54) is 64.2 Å². The minimum Gasteiger partial charge on any atom is -0.498 e. The topological polar surface area (TPSA) is 9.23 Å².